The van der Waals surface area contributed by atoms with E-state index in [9.17, 15) is 14.4 Å². The van der Waals surface area contributed by atoms with E-state index in [4.69, 9.17) is 4.74 Å². The number of esters is 1. The largest absolute Gasteiger partial charge is 0.423 e. The molecule has 0 saturated heterocycles. The van der Waals surface area contributed by atoms with Gasteiger partial charge in [0.2, 0.25) is 5.91 Å². The van der Waals surface area contributed by atoms with Gasteiger partial charge in [0.15, 0.2) is 0 Å². The van der Waals surface area contributed by atoms with Crippen LogP contribution in [0.15, 0.2) is 53.6 Å². The molecule has 0 radical (unpaired) electrons. The van der Waals surface area contributed by atoms with Crippen molar-refractivity contribution < 1.29 is 19.1 Å². The van der Waals surface area contributed by atoms with E-state index in [0.717, 1.165) is 30.4 Å². The zero-order valence-corrected chi connectivity index (χ0v) is 21.6. The summed E-state index contributed by atoms with van der Waals surface area (Å²) in [5, 5.41) is 6.53. The number of hydrazone groups is 1. The Morgan fingerprint density at radius 1 is 0.861 bits per heavy atom. The fraction of sp³-hybridized carbons (Fsp3) is 0.448. The van der Waals surface area contributed by atoms with Crippen LogP contribution in [0.3, 0.4) is 0 Å². The maximum atomic E-state index is 12.2. The van der Waals surface area contributed by atoms with Gasteiger partial charge >= 0.3 is 5.97 Å². The molecule has 0 heterocycles. The van der Waals surface area contributed by atoms with Crippen LogP contribution in [0.25, 0.3) is 0 Å². The van der Waals surface area contributed by atoms with E-state index >= 15 is 0 Å². The average molecular weight is 494 g/mol. The third-order valence-corrected chi connectivity index (χ3v) is 5.70. The average Bonchev–Trinajstić information content (AvgIpc) is 2.87. The summed E-state index contributed by atoms with van der Waals surface area (Å²) in [5.41, 5.74) is 4.59. The summed E-state index contributed by atoms with van der Waals surface area (Å²) in [7, 11) is 0. The van der Waals surface area contributed by atoms with Crippen LogP contribution in [-0.4, -0.2) is 30.5 Å². The third kappa shape index (κ3) is 12.3. The van der Waals surface area contributed by atoms with Gasteiger partial charge in [-0.1, -0.05) is 76.0 Å². The van der Waals surface area contributed by atoms with E-state index in [1.165, 1.54) is 44.7 Å². The summed E-state index contributed by atoms with van der Waals surface area (Å²) in [6.07, 6.45) is 12.7. The number of benzene rings is 2. The van der Waals surface area contributed by atoms with Crippen LogP contribution in [0, 0.1) is 6.92 Å². The standard InChI is InChI=1S/C29H39N3O4/c1-3-4-5-6-7-8-9-10-11-15-27(33)30-22-28(34)32-31-21-24-16-18-26(19-17-24)36-29(35)25-14-12-13-23(2)20-25/h12-14,16-21H,3-11,15,22H2,1-2H3,(H,30,33)(H,32,34). The SMILES string of the molecule is CCCCCCCCCCCC(=O)NCC(=O)NN=Cc1ccc(OC(=O)c2cccc(C)c2)cc1. The van der Waals surface area contributed by atoms with Crippen molar-refractivity contribution in [2.75, 3.05) is 6.54 Å². The van der Waals surface area contributed by atoms with E-state index in [1.54, 1.807) is 36.4 Å². The van der Waals surface area contributed by atoms with E-state index in [2.05, 4.69) is 22.8 Å². The quantitative estimate of drug-likeness (QED) is 0.103. The van der Waals surface area contributed by atoms with Gasteiger partial charge in [-0.05, 0) is 55.3 Å². The van der Waals surface area contributed by atoms with Crippen LogP contribution < -0.4 is 15.5 Å². The molecule has 0 unspecified atom stereocenters. The number of hydrogen-bond acceptors (Lipinski definition) is 5. The Hall–Kier alpha value is -3.48. The molecule has 0 atom stereocenters. The highest BCUT2D eigenvalue weighted by atomic mass is 16.5. The second-order valence-corrected chi connectivity index (χ2v) is 8.98. The Kier molecular flexibility index (Phi) is 13.6. The van der Waals surface area contributed by atoms with Crippen LogP contribution in [0.5, 0.6) is 5.75 Å². The Labute approximate surface area is 214 Å². The van der Waals surface area contributed by atoms with E-state index in [1.807, 2.05) is 19.1 Å². The van der Waals surface area contributed by atoms with Crippen LogP contribution in [0.1, 0.15) is 92.6 Å². The number of rotatable bonds is 16. The lowest BCUT2D eigenvalue weighted by molar-refractivity contribution is -0.126. The van der Waals surface area contributed by atoms with Crippen LogP contribution in [0.4, 0.5) is 0 Å². The number of ether oxygens (including phenoxy) is 1. The Morgan fingerprint density at radius 2 is 1.53 bits per heavy atom. The molecule has 36 heavy (non-hydrogen) atoms. The van der Waals surface area contributed by atoms with E-state index < -0.39 is 11.9 Å². The summed E-state index contributed by atoms with van der Waals surface area (Å²) in [6.45, 7) is 4.02. The summed E-state index contributed by atoms with van der Waals surface area (Å²) < 4.78 is 5.38. The van der Waals surface area contributed by atoms with Gasteiger partial charge in [-0.15, -0.1) is 0 Å². The van der Waals surface area contributed by atoms with Crippen LogP contribution >= 0.6 is 0 Å². The Bertz CT molecular complexity index is 986. The fourth-order valence-electron chi connectivity index (χ4n) is 3.64. The number of carbonyl (C=O) groups is 3. The lowest BCUT2D eigenvalue weighted by atomic mass is 10.1. The van der Waals surface area contributed by atoms with E-state index in [-0.39, 0.29) is 12.5 Å². The number of nitrogens with one attached hydrogen (secondary N) is 2. The lowest BCUT2D eigenvalue weighted by Crippen LogP contribution is -2.34. The maximum Gasteiger partial charge on any atom is 0.343 e. The minimum absolute atomic E-state index is 0.110. The fourth-order valence-corrected chi connectivity index (χ4v) is 3.64. The molecule has 0 aromatic heterocycles. The summed E-state index contributed by atoms with van der Waals surface area (Å²) in [5.74, 6) is -0.520. The van der Waals surface area contributed by atoms with Gasteiger partial charge in [-0.25, -0.2) is 10.2 Å². The van der Waals surface area contributed by atoms with Crippen LogP contribution in [-0.2, 0) is 9.59 Å². The molecular weight excluding hydrogens is 454 g/mol. The van der Waals surface area contributed by atoms with Crippen molar-refractivity contribution in [2.45, 2.75) is 78.1 Å². The molecule has 0 aliphatic heterocycles. The number of hydrogen-bond donors (Lipinski definition) is 2. The molecule has 0 aliphatic carbocycles. The topological polar surface area (TPSA) is 96.9 Å². The second-order valence-electron chi connectivity index (χ2n) is 8.98. The van der Waals surface area contributed by atoms with Gasteiger partial charge in [-0.2, -0.15) is 5.10 Å². The monoisotopic (exact) mass is 493 g/mol. The first-order valence-electron chi connectivity index (χ1n) is 13.0. The minimum Gasteiger partial charge on any atom is -0.423 e. The van der Waals surface area contributed by atoms with Gasteiger partial charge in [0.25, 0.3) is 5.91 Å². The van der Waals surface area contributed by atoms with Crippen molar-refractivity contribution in [1.82, 2.24) is 10.7 Å². The van der Waals surface area contributed by atoms with Crippen molar-refractivity contribution >= 4 is 24.0 Å². The highest BCUT2D eigenvalue weighted by Crippen LogP contribution is 2.14. The molecule has 2 N–H and O–H groups in total. The molecule has 7 heteroatoms. The minimum atomic E-state index is -0.424. The van der Waals surface area contributed by atoms with Crippen molar-refractivity contribution in [3.8, 4) is 5.75 Å². The molecule has 2 amide bonds. The first-order chi connectivity index (χ1) is 17.5. The molecule has 194 valence electrons. The first kappa shape index (κ1) is 28.8. The van der Waals surface area contributed by atoms with Gasteiger partial charge in [0, 0.05) is 6.42 Å². The van der Waals surface area contributed by atoms with Gasteiger partial charge in [0.05, 0.1) is 18.3 Å². The predicted molar refractivity (Wildman–Crippen MR) is 143 cm³/mol. The van der Waals surface area contributed by atoms with E-state index in [0.29, 0.717) is 17.7 Å². The smallest absolute Gasteiger partial charge is 0.343 e. The molecule has 0 saturated carbocycles. The number of aryl methyl sites for hydroxylation is 1. The first-order valence-corrected chi connectivity index (χ1v) is 13.0. The van der Waals surface area contributed by atoms with Crippen molar-refractivity contribution in [3.63, 3.8) is 0 Å². The number of amides is 2. The molecule has 0 bridgehead atoms. The number of carbonyl (C=O) groups excluding carboxylic acids is 3. The lowest BCUT2D eigenvalue weighted by Gasteiger charge is -2.05. The molecule has 2 rings (SSSR count). The molecule has 0 fully saturated rings. The normalized spacial score (nSPS) is 10.8. The van der Waals surface area contributed by atoms with Crippen molar-refractivity contribution in [2.24, 2.45) is 5.10 Å². The second kappa shape index (κ2) is 17.0. The summed E-state index contributed by atoms with van der Waals surface area (Å²) >= 11 is 0. The van der Waals surface area contributed by atoms with Crippen molar-refractivity contribution in [3.05, 3.63) is 65.2 Å². The number of unbranched alkanes of at least 4 members (excludes halogenated alkanes) is 8. The molecule has 0 aliphatic rings. The molecular formula is C29H39N3O4. The molecule has 2 aromatic rings. The van der Waals surface area contributed by atoms with Crippen LogP contribution in [0.2, 0.25) is 0 Å². The highest BCUT2D eigenvalue weighted by Gasteiger charge is 2.08. The third-order valence-electron chi connectivity index (χ3n) is 5.70. The predicted octanol–water partition coefficient (Wildman–Crippen LogP) is 5.70. The zero-order valence-electron chi connectivity index (χ0n) is 21.6. The summed E-state index contributed by atoms with van der Waals surface area (Å²) in [4.78, 5) is 36.0. The van der Waals surface area contributed by atoms with Crippen molar-refractivity contribution in [1.29, 1.82) is 0 Å². The van der Waals surface area contributed by atoms with Gasteiger partial charge < -0.3 is 10.1 Å². The zero-order chi connectivity index (χ0) is 26.0. The Balaban J connectivity index is 1.58. The molecule has 0 spiro atoms. The molecule has 7 nitrogen and oxygen atoms in total. The maximum absolute atomic E-state index is 12.2. The Morgan fingerprint density at radius 3 is 2.19 bits per heavy atom. The number of nitrogens with zero attached hydrogens (tertiary/aromatic N) is 1. The summed E-state index contributed by atoms with van der Waals surface area (Å²) in [6, 6.07) is 14.0. The molecule has 2 aromatic carbocycles. The van der Waals surface area contributed by atoms with Gasteiger partial charge in [-0.3, -0.25) is 9.59 Å². The highest BCUT2D eigenvalue weighted by molar-refractivity contribution is 5.91. The van der Waals surface area contributed by atoms with Gasteiger partial charge in [0.1, 0.15) is 5.75 Å².